The fourth-order valence-corrected chi connectivity index (χ4v) is 5.80. The van der Waals surface area contributed by atoms with Crippen LogP contribution in [0.25, 0.3) is 10.2 Å². The van der Waals surface area contributed by atoms with Gasteiger partial charge in [0.2, 0.25) is 11.8 Å². The van der Waals surface area contributed by atoms with E-state index in [-0.39, 0.29) is 29.0 Å². The van der Waals surface area contributed by atoms with Crippen LogP contribution < -0.4 is 10.9 Å². The summed E-state index contributed by atoms with van der Waals surface area (Å²) in [5, 5.41) is 4.17. The number of likely N-dealkylation sites (tertiary alicyclic amines) is 1. The molecule has 168 valence electrons. The molecule has 0 saturated carbocycles. The molecule has 0 radical (unpaired) electrons. The molecule has 3 aromatic rings. The largest absolute Gasteiger partial charge is 0.342 e. The average Bonchev–Trinajstić information content (AvgIpc) is 3.09. The number of thiophene rings is 1. The third-order valence-corrected chi connectivity index (χ3v) is 8.07. The molecule has 0 bridgehead atoms. The molecular weight excluding hydrogens is 444 g/mol. The Morgan fingerprint density at radius 1 is 1.19 bits per heavy atom. The maximum Gasteiger partial charge on any atom is 0.262 e. The predicted molar refractivity (Wildman–Crippen MR) is 129 cm³/mol. The normalized spacial score (nSPS) is 14.7. The van der Waals surface area contributed by atoms with Crippen LogP contribution in [0.2, 0.25) is 0 Å². The first-order valence-electron chi connectivity index (χ1n) is 10.6. The molecule has 3 heterocycles. The number of benzene rings is 1. The van der Waals surface area contributed by atoms with E-state index in [2.05, 4.69) is 10.3 Å². The van der Waals surface area contributed by atoms with Gasteiger partial charge in [-0.05, 0) is 44.4 Å². The Morgan fingerprint density at radius 2 is 1.88 bits per heavy atom. The molecule has 1 aliphatic rings. The van der Waals surface area contributed by atoms with Gasteiger partial charge in [0.1, 0.15) is 4.83 Å². The minimum atomic E-state index is -0.0953. The number of carbonyl (C=O) groups excluding carboxylic acids is 2. The standard InChI is InChI=1S/C23H26N4O3S2/c1-14-15(2)32-21-19(14)22(30)26(3)23(25-21)31-13-18(28)27-11-9-16(10-12-27)20(29)24-17-7-5-4-6-8-17/h4-8,16H,9-13H2,1-3H3,(H,24,29). The van der Waals surface area contributed by atoms with Crippen molar-refractivity contribution in [2.24, 2.45) is 13.0 Å². The molecule has 0 atom stereocenters. The average molecular weight is 471 g/mol. The Labute approximate surface area is 194 Å². The number of fused-ring (bicyclic) bond motifs is 1. The van der Waals surface area contributed by atoms with Crippen molar-refractivity contribution in [1.82, 2.24) is 14.5 Å². The zero-order valence-corrected chi connectivity index (χ0v) is 20.0. The molecule has 9 heteroatoms. The third-order valence-electron chi connectivity index (χ3n) is 5.95. The second-order valence-electron chi connectivity index (χ2n) is 8.02. The molecule has 1 aromatic carbocycles. The molecule has 7 nitrogen and oxygen atoms in total. The number of nitrogens with one attached hydrogen (secondary N) is 1. The van der Waals surface area contributed by atoms with Crippen molar-refractivity contribution in [3.8, 4) is 0 Å². The van der Waals surface area contributed by atoms with Gasteiger partial charge in [0.15, 0.2) is 5.16 Å². The molecule has 1 fully saturated rings. The van der Waals surface area contributed by atoms with E-state index in [9.17, 15) is 14.4 Å². The Balaban J connectivity index is 1.33. The number of amides is 2. The molecule has 2 aromatic heterocycles. The first-order chi connectivity index (χ1) is 15.3. The number of para-hydroxylation sites is 1. The van der Waals surface area contributed by atoms with Crippen LogP contribution in [0.15, 0.2) is 40.3 Å². The Hall–Kier alpha value is -2.65. The van der Waals surface area contributed by atoms with E-state index in [1.54, 1.807) is 11.9 Å². The van der Waals surface area contributed by atoms with Crippen LogP contribution in [-0.4, -0.2) is 45.1 Å². The second kappa shape index (κ2) is 9.46. The highest BCUT2D eigenvalue weighted by molar-refractivity contribution is 7.99. The lowest BCUT2D eigenvalue weighted by atomic mass is 9.96. The van der Waals surface area contributed by atoms with E-state index >= 15 is 0 Å². The van der Waals surface area contributed by atoms with Gasteiger partial charge in [-0.2, -0.15) is 0 Å². The van der Waals surface area contributed by atoms with Crippen LogP contribution in [0.3, 0.4) is 0 Å². The van der Waals surface area contributed by atoms with Crippen molar-refractivity contribution >= 4 is 50.8 Å². The lowest BCUT2D eigenvalue weighted by Crippen LogP contribution is -2.42. The van der Waals surface area contributed by atoms with Gasteiger partial charge in [-0.15, -0.1) is 11.3 Å². The molecular formula is C23H26N4O3S2. The molecule has 1 aliphatic heterocycles. The number of rotatable bonds is 5. The van der Waals surface area contributed by atoms with Crippen LogP contribution in [0.4, 0.5) is 5.69 Å². The monoisotopic (exact) mass is 470 g/mol. The molecule has 2 amide bonds. The van der Waals surface area contributed by atoms with Crippen molar-refractivity contribution in [3.05, 3.63) is 51.1 Å². The molecule has 0 aliphatic carbocycles. The van der Waals surface area contributed by atoms with Crippen LogP contribution in [0.5, 0.6) is 0 Å². The van der Waals surface area contributed by atoms with Gasteiger partial charge in [-0.25, -0.2) is 4.98 Å². The zero-order valence-electron chi connectivity index (χ0n) is 18.4. The van der Waals surface area contributed by atoms with E-state index in [1.165, 1.54) is 27.7 Å². The number of hydrogen-bond donors (Lipinski definition) is 1. The smallest absolute Gasteiger partial charge is 0.262 e. The third kappa shape index (κ3) is 4.59. The number of piperidine rings is 1. The van der Waals surface area contributed by atoms with Crippen molar-refractivity contribution < 1.29 is 9.59 Å². The number of anilines is 1. The fraction of sp³-hybridized carbons (Fsp3) is 0.391. The number of nitrogens with zero attached hydrogens (tertiary/aromatic N) is 3. The fourth-order valence-electron chi connectivity index (χ4n) is 3.86. The molecule has 32 heavy (non-hydrogen) atoms. The molecule has 4 rings (SSSR count). The van der Waals surface area contributed by atoms with Gasteiger partial charge in [0.05, 0.1) is 11.1 Å². The zero-order chi connectivity index (χ0) is 22.8. The van der Waals surface area contributed by atoms with Gasteiger partial charge >= 0.3 is 0 Å². The quantitative estimate of drug-likeness (QED) is 0.455. The van der Waals surface area contributed by atoms with E-state index < -0.39 is 0 Å². The highest BCUT2D eigenvalue weighted by atomic mass is 32.2. The molecule has 0 spiro atoms. The summed E-state index contributed by atoms with van der Waals surface area (Å²) in [4.78, 5) is 46.2. The minimum absolute atomic E-state index is 0.00445. The van der Waals surface area contributed by atoms with Gasteiger partial charge in [0, 0.05) is 36.6 Å². The van der Waals surface area contributed by atoms with Gasteiger partial charge in [0.25, 0.3) is 5.56 Å². The van der Waals surface area contributed by atoms with Gasteiger partial charge in [-0.1, -0.05) is 30.0 Å². The predicted octanol–water partition coefficient (Wildman–Crippen LogP) is 3.58. The molecule has 0 unspecified atom stereocenters. The van der Waals surface area contributed by atoms with Crippen LogP contribution >= 0.6 is 23.1 Å². The van der Waals surface area contributed by atoms with E-state index in [0.29, 0.717) is 36.5 Å². The van der Waals surface area contributed by atoms with E-state index in [1.807, 2.05) is 44.2 Å². The highest BCUT2D eigenvalue weighted by Gasteiger charge is 2.27. The summed E-state index contributed by atoms with van der Waals surface area (Å²) in [6.07, 6.45) is 1.29. The van der Waals surface area contributed by atoms with Crippen LogP contribution in [-0.2, 0) is 16.6 Å². The summed E-state index contributed by atoms with van der Waals surface area (Å²) in [6.45, 7) is 5.04. The topological polar surface area (TPSA) is 84.3 Å². The lowest BCUT2D eigenvalue weighted by molar-refractivity contribution is -0.132. The SMILES string of the molecule is Cc1sc2nc(SCC(=O)N3CCC(C(=O)Nc4ccccc4)CC3)n(C)c(=O)c2c1C. The van der Waals surface area contributed by atoms with Gasteiger partial charge in [-0.3, -0.25) is 19.0 Å². The van der Waals surface area contributed by atoms with Crippen LogP contribution in [0, 0.1) is 19.8 Å². The maximum absolute atomic E-state index is 12.7. The number of hydrogen-bond acceptors (Lipinski definition) is 6. The second-order valence-corrected chi connectivity index (χ2v) is 10.2. The lowest BCUT2D eigenvalue weighted by Gasteiger charge is -2.31. The van der Waals surface area contributed by atoms with Crippen LogP contribution in [0.1, 0.15) is 23.3 Å². The Kier molecular flexibility index (Phi) is 6.66. The number of aromatic nitrogens is 2. The first-order valence-corrected chi connectivity index (χ1v) is 12.4. The minimum Gasteiger partial charge on any atom is -0.342 e. The maximum atomic E-state index is 12.7. The summed E-state index contributed by atoms with van der Waals surface area (Å²) < 4.78 is 1.53. The number of aryl methyl sites for hydroxylation is 2. The Bertz CT molecular complexity index is 1210. The highest BCUT2D eigenvalue weighted by Crippen LogP contribution is 2.28. The van der Waals surface area contributed by atoms with Gasteiger partial charge < -0.3 is 10.2 Å². The summed E-state index contributed by atoms with van der Waals surface area (Å²) >= 11 is 2.80. The molecule has 1 N–H and O–H groups in total. The number of carbonyl (C=O) groups is 2. The summed E-state index contributed by atoms with van der Waals surface area (Å²) in [7, 11) is 1.70. The molecule has 1 saturated heterocycles. The summed E-state index contributed by atoms with van der Waals surface area (Å²) in [5.74, 6) is 0.134. The summed E-state index contributed by atoms with van der Waals surface area (Å²) in [6, 6.07) is 9.41. The van der Waals surface area contributed by atoms with E-state index in [4.69, 9.17) is 0 Å². The van der Waals surface area contributed by atoms with Crippen molar-refractivity contribution in [3.63, 3.8) is 0 Å². The van der Waals surface area contributed by atoms with Crippen molar-refractivity contribution in [2.45, 2.75) is 31.8 Å². The first kappa shape index (κ1) is 22.5. The van der Waals surface area contributed by atoms with Crippen molar-refractivity contribution in [2.75, 3.05) is 24.2 Å². The van der Waals surface area contributed by atoms with Crippen molar-refractivity contribution in [1.29, 1.82) is 0 Å². The summed E-state index contributed by atoms with van der Waals surface area (Å²) in [5.41, 5.74) is 1.69. The van der Waals surface area contributed by atoms with E-state index in [0.717, 1.165) is 21.0 Å². The number of thioether (sulfide) groups is 1. The Morgan fingerprint density at radius 3 is 2.56 bits per heavy atom.